The molecule has 0 aliphatic rings. The number of aromatic nitrogens is 3. The molecule has 0 spiro atoms. The molecule has 0 aliphatic carbocycles. The second-order valence-electron chi connectivity index (χ2n) is 4.87. The lowest BCUT2D eigenvalue weighted by atomic mass is 10.1. The molecule has 0 aliphatic heterocycles. The Morgan fingerprint density at radius 2 is 1.82 bits per heavy atom. The van der Waals surface area contributed by atoms with Crippen LogP contribution >= 0.6 is 12.2 Å². The highest BCUT2D eigenvalue weighted by Crippen LogP contribution is 2.18. The standard InChI is InChI=1S/C16H14N4OS/c1-11-2-6-13(7-3-11)15-18-19-16(22)20(15)17-10-12-4-8-14(21)9-5-12/h2-10,21H,1H3,(H,19,22)/b17-10+. The van der Waals surface area contributed by atoms with Gasteiger partial charge in [-0.2, -0.15) is 14.9 Å². The molecule has 3 aromatic rings. The van der Waals surface area contributed by atoms with Crippen molar-refractivity contribution in [2.75, 3.05) is 0 Å². The first-order valence-electron chi connectivity index (χ1n) is 6.71. The van der Waals surface area contributed by atoms with Gasteiger partial charge in [0.25, 0.3) is 0 Å². The van der Waals surface area contributed by atoms with Crippen molar-refractivity contribution < 1.29 is 5.11 Å². The molecule has 0 bridgehead atoms. The van der Waals surface area contributed by atoms with Gasteiger partial charge in [-0.3, -0.25) is 0 Å². The number of nitrogens with zero attached hydrogens (tertiary/aromatic N) is 3. The third-order valence-electron chi connectivity index (χ3n) is 3.18. The highest BCUT2D eigenvalue weighted by atomic mass is 32.1. The second kappa shape index (κ2) is 5.95. The zero-order chi connectivity index (χ0) is 15.5. The number of hydrogen-bond donors (Lipinski definition) is 2. The van der Waals surface area contributed by atoms with E-state index in [4.69, 9.17) is 12.2 Å². The van der Waals surface area contributed by atoms with Crippen molar-refractivity contribution in [2.24, 2.45) is 5.10 Å². The number of H-pyrrole nitrogens is 1. The molecule has 0 unspecified atom stereocenters. The van der Waals surface area contributed by atoms with Crippen LogP contribution in [0, 0.1) is 11.7 Å². The van der Waals surface area contributed by atoms with E-state index in [-0.39, 0.29) is 5.75 Å². The van der Waals surface area contributed by atoms with Crippen molar-refractivity contribution in [1.29, 1.82) is 0 Å². The van der Waals surface area contributed by atoms with Gasteiger partial charge in [0.2, 0.25) is 4.77 Å². The van der Waals surface area contributed by atoms with Crippen molar-refractivity contribution in [3.8, 4) is 17.1 Å². The summed E-state index contributed by atoms with van der Waals surface area (Å²) in [5.74, 6) is 0.873. The summed E-state index contributed by atoms with van der Waals surface area (Å²) >= 11 is 5.23. The lowest BCUT2D eigenvalue weighted by Gasteiger charge is -2.01. The third-order valence-corrected chi connectivity index (χ3v) is 3.44. The lowest BCUT2D eigenvalue weighted by Crippen LogP contribution is -1.95. The van der Waals surface area contributed by atoms with Crippen molar-refractivity contribution in [2.45, 2.75) is 6.92 Å². The van der Waals surface area contributed by atoms with E-state index in [2.05, 4.69) is 15.3 Å². The Kier molecular flexibility index (Phi) is 3.84. The molecule has 1 heterocycles. The van der Waals surface area contributed by atoms with E-state index in [9.17, 15) is 5.11 Å². The van der Waals surface area contributed by atoms with Crippen LogP contribution < -0.4 is 0 Å². The maximum atomic E-state index is 9.29. The molecule has 22 heavy (non-hydrogen) atoms. The van der Waals surface area contributed by atoms with Crippen LogP contribution in [-0.4, -0.2) is 26.2 Å². The Labute approximate surface area is 132 Å². The normalized spacial score (nSPS) is 11.1. The molecule has 2 N–H and O–H groups in total. The molecule has 2 aromatic carbocycles. The van der Waals surface area contributed by atoms with Gasteiger partial charge in [-0.05, 0) is 49.0 Å². The van der Waals surface area contributed by atoms with Crippen LogP contribution in [-0.2, 0) is 0 Å². The first kappa shape index (κ1) is 14.2. The van der Waals surface area contributed by atoms with E-state index >= 15 is 0 Å². The van der Waals surface area contributed by atoms with Crippen LogP contribution in [0.25, 0.3) is 11.4 Å². The predicted octanol–water partition coefficient (Wildman–Crippen LogP) is 3.50. The number of aromatic hydroxyl groups is 1. The minimum Gasteiger partial charge on any atom is -0.508 e. The molecule has 1 aromatic heterocycles. The van der Waals surface area contributed by atoms with E-state index in [0.717, 1.165) is 11.1 Å². The smallest absolute Gasteiger partial charge is 0.216 e. The maximum absolute atomic E-state index is 9.29. The summed E-state index contributed by atoms with van der Waals surface area (Å²) in [4.78, 5) is 0. The summed E-state index contributed by atoms with van der Waals surface area (Å²) in [5, 5.41) is 20.7. The average molecular weight is 310 g/mol. The number of aryl methyl sites for hydroxylation is 1. The lowest BCUT2D eigenvalue weighted by molar-refractivity contribution is 0.475. The monoisotopic (exact) mass is 310 g/mol. The zero-order valence-electron chi connectivity index (χ0n) is 11.9. The topological polar surface area (TPSA) is 66.2 Å². The number of phenolic OH excluding ortho intramolecular Hbond substituents is 1. The summed E-state index contributed by atoms with van der Waals surface area (Å²) in [6.07, 6.45) is 1.67. The fraction of sp³-hybridized carbons (Fsp3) is 0.0625. The summed E-state index contributed by atoms with van der Waals surface area (Å²) in [7, 11) is 0. The van der Waals surface area contributed by atoms with Gasteiger partial charge in [0, 0.05) is 5.56 Å². The molecular formula is C16H14N4OS. The Hall–Kier alpha value is -2.73. The van der Waals surface area contributed by atoms with Crippen molar-refractivity contribution in [1.82, 2.24) is 14.9 Å². The number of hydrogen-bond acceptors (Lipinski definition) is 4. The summed E-state index contributed by atoms with van der Waals surface area (Å²) in [6.45, 7) is 2.03. The van der Waals surface area contributed by atoms with Crippen molar-refractivity contribution in [3.05, 3.63) is 64.4 Å². The Balaban J connectivity index is 1.97. The number of nitrogens with one attached hydrogen (secondary N) is 1. The minimum absolute atomic E-state index is 0.220. The quantitative estimate of drug-likeness (QED) is 0.575. The molecule has 0 saturated heterocycles. The van der Waals surface area contributed by atoms with E-state index in [1.165, 1.54) is 5.56 Å². The second-order valence-corrected chi connectivity index (χ2v) is 5.25. The van der Waals surface area contributed by atoms with E-state index in [0.29, 0.717) is 10.6 Å². The molecule has 0 amide bonds. The van der Waals surface area contributed by atoms with Gasteiger partial charge in [0.05, 0.1) is 6.21 Å². The molecule has 0 fully saturated rings. The van der Waals surface area contributed by atoms with Gasteiger partial charge in [-0.1, -0.05) is 29.8 Å². The van der Waals surface area contributed by atoms with Gasteiger partial charge in [-0.15, -0.1) is 0 Å². The molecule has 0 saturated carbocycles. The Morgan fingerprint density at radius 3 is 2.50 bits per heavy atom. The van der Waals surface area contributed by atoms with Gasteiger partial charge < -0.3 is 5.11 Å². The number of rotatable bonds is 3. The van der Waals surface area contributed by atoms with Crippen LogP contribution in [0.15, 0.2) is 53.6 Å². The van der Waals surface area contributed by atoms with Gasteiger partial charge in [0.15, 0.2) is 5.82 Å². The van der Waals surface area contributed by atoms with Crippen LogP contribution in [0.3, 0.4) is 0 Å². The highest BCUT2D eigenvalue weighted by Gasteiger charge is 2.07. The van der Waals surface area contributed by atoms with E-state index in [1.807, 2.05) is 31.2 Å². The number of phenols is 1. The fourth-order valence-corrected chi connectivity index (χ4v) is 2.15. The van der Waals surface area contributed by atoms with Gasteiger partial charge in [0.1, 0.15) is 5.75 Å². The Bertz CT molecular complexity index is 860. The molecule has 5 nitrogen and oxygen atoms in total. The van der Waals surface area contributed by atoms with Crippen molar-refractivity contribution in [3.63, 3.8) is 0 Å². The predicted molar refractivity (Wildman–Crippen MR) is 88.7 cm³/mol. The number of benzene rings is 2. The van der Waals surface area contributed by atoms with Crippen molar-refractivity contribution >= 4 is 18.4 Å². The number of aromatic amines is 1. The summed E-state index contributed by atoms with van der Waals surface area (Å²) in [6, 6.07) is 14.7. The van der Waals surface area contributed by atoms with Crippen LogP contribution in [0.2, 0.25) is 0 Å². The van der Waals surface area contributed by atoms with Gasteiger partial charge in [-0.25, -0.2) is 5.10 Å². The fourth-order valence-electron chi connectivity index (χ4n) is 1.97. The SMILES string of the molecule is Cc1ccc(-c2n[nH]c(=S)n2/N=C/c2ccc(O)cc2)cc1. The van der Waals surface area contributed by atoms with E-state index < -0.39 is 0 Å². The first-order valence-corrected chi connectivity index (χ1v) is 7.12. The summed E-state index contributed by atoms with van der Waals surface area (Å²) in [5.41, 5.74) is 2.97. The van der Waals surface area contributed by atoms with Crippen LogP contribution in [0.5, 0.6) is 5.75 Å². The van der Waals surface area contributed by atoms with E-state index in [1.54, 1.807) is 35.2 Å². The average Bonchev–Trinajstić information content (AvgIpc) is 2.89. The molecule has 0 radical (unpaired) electrons. The van der Waals surface area contributed by atoms with Crippen LogP contribution in [0.1, 0.15) is 11.1 Å². The Morgan fingerprint density at radius 1 is 1.14 bits per heavy atom. The first-order chi connectivity index (χ1) is 10.6. The molecule has 110 valence electrons. The zero-order valence-corrected chi connectivity index (χ0v) is 12.7. The highest BCUT2D eigenvalue weighted by molar-refractivity contribution is 7.71. The largest absolute Gasteiger partial charge is 0.508 e. The maximum Gasteiger partial charge on any atom is 0.216 e. The molecule has 0 atom stereocenters. The molecular weight excluding hydrogens is 296 g/mol. The third kappa shape index (κ3) is 2.96. The van der Waals surface area contributed by atoms with Crippen LogP contribution in [0.4, 0.5) is 0 Å². The summed E-state index contributed by atoms with van der Waals surface area (Å²) < 4.78 is 2.00. The minimum atomic E-state index is 0.220. The molecule has 6 heteroatoms. The van der Waals surface area contributed by atoms with Gasteiger partial charge >= 0.3 is 0 Å². The molecule has 3 rings (SSSR count).